The number of carboxylic acids is 1. The summed E-state index contributed by atoms with van der Waals surface area (Å²) in [6.07, 6.45) is 1.62. The summed E-state index contributed by atoms with van der Waals surface area (Å²) in [5.41, 5.74) is -0.419. The first-order chi connectivity index (χ1) is 11.5. The van der Waals surface area contributed by atoms with E-state index >= 15 is 0 Å². The van der Waals surface area contributed by atoms with E-state index in [2.05, 4.69) is 0 Å². The SMILES string of the molecule is CC(Oc1ccccc1C#N)C(=O)N1C[C@@H]2CCC[C@@]2(C(=O)O)C1. The fourth-order valence-electron chi connectivity index (χ4n) is 3.97. The van der Waals surface area contributed by atoms with Gasteiger partial charge in [-0.2, -0.15) is 5.26 Å². The van der Waals surface area contributed by atoms with Gasteiger partial charge in [-0.3, -0.25) is 9.59 Å². The van der Waals surface area contributed by atoms with Crippen LogP contribution in [-0.4, -0.2) is 41.1 Å². The van der Waals surface area contributed by atoms with E-state index in [1.165, 1.54) is 0 Å². The van der Waals surface area contributed by atoms with Gasteiger partial charge < -0.3 is 14.7 Å². The van der Waals surface area contributed by atoms with Crippen LogP contribution < -0.4 is 4.74 Å². The maximum absolute atomic E-state index is 12.7. The third-order valence-electron chi connectivity index (χ3n) is 5.27. The lowest BCUT2D eigenvalue weighted by Gasteiger charge is -2.25. The van der Waals surface area contributed by atoms with E-state index in [0.29, 0.717) is 24.3 Å². The summed E-state index contributed by atoms with van der Waals surface area (Å²) in [6.45, 7) is 2.36. The third kappa shape index (κ3) is 2.60. The molecule has 1 amide bonds. The Morgan fingerprint density at radius 3 is 2.88 bits per heavy atom. The van der Waals surface area contributed by atoms with Gasteiger partial charge in [0, 0.05) is 13.1 Å². The van der Waals surface area contributed by atoms with Crippen LogP contribution in [0, 0.1) is 22.7 Å². The molecule has 6 heteroatoms. The summed E-state index contributed by atoms with van der Waals surface area (Å²) in [5.74, 6) is -0.632. The van der Waals surface area contributed by atoms with Crippen LogP contribution in [0.2, 0.25) is 0 Å². The third-order valence-corrected chi connectivity index (χ3v) is 5.27. The molecule has 1 aliphatic heterocycles. The maximum atomic E-state index is 12.7. The quantitative estimate of drug-likeness (QED) is 0.913. The molecule has 24 heavy (non-hydrogen) atoms. The van der Waals surface area contributed by atoms with Crippen LogP contribution in [0.1, 0.15) is 31.7 Å². The van der Waals surface area contributed by atoms with E-state index in [9.17, 15) is 14.7 Å². The van der Waals surface area contributed by atoms with Crippen molar-refractivity contribution in [2.45, 2.75) is 32.3 Å². The molecule has 1 aromatic rings. The normalized spacial score (nSPS) is 26.5. The van der Waals surface area contributed by atoms with Gasteiger partial charge in [0.2, 0.25) is 0 Å². The molecule has 6 nitrogen and oxygen atoms in total. The minimum atomic E-state index is -0.802. The number of amides is 1. The zero-order chi connectivity index (χ0) is 17.3. The van der Waals surface area contributed by atoms with Crippen molar-refractivity contribution >= 4 is 11.9 Å². The largest absolute Gasteiger partial charge is 0.481 e. The molecule has 0 spiro atoms. The van der Waals surface area contributed by atoms with E-state index in [4.69, 9.17) is 10.00 Å². The summed E-state index contributed by atoms with van der Waals surface area (Å²) < 4.78 is 5.66. The lowest BCUT2D eigenvalue weighted by Crippen LogP contribution is -2.42. The molecule has 1 unspecified atom stereocenters. The van der Waals surface area contributed by atoms with Crippen molar-refractivity contribution in [3.8, 4) is 11.8 Å². The van der Waals surface area contributed by atoms with Crippen LogP contribution in [0.3, 0.4) is 0 Å². The number of hydrogen-bond acceptors (Lipinski definition) is 4. The fourth-order valence-corrected chi connectivity index (χ4v) is 3.97. The Bertz CT molecular complexity index is 711. The van der Waals surface area contributed by atoms with Gasteiger partial charge in [0.25, 0.3) is 5.91 Å². The molecule has 0 bridgehead atoms. The molecule has 1 aromatic carbocycles. The van der Waals surface area contributed by atoms with Crippen molar-refractivity contribution < 1.29 is 19.4 Å². The van der Waals surface area contributed by atoms with Gasteiger partial charge in [-0.25, -0.2) is 0 Å². The lowest BCUT2D eigenvalue weighted by molar-refractivity contribution is -0.150. The number of nitriles is 1. The standard InChI is InChI=1S/C18H20N2O4/c1-12(24-15-7-3-2-5-13(15)9-19)16(21)20-10-14-6-4-8-18(14,11-20)17(22)23/h2-3,5,7,12,14H,4,6,8,10-11H2,1H3,(H,22,23)/t12?,14-,18+/m0/s1. The van der Waals surface area contributed by atoms with E-state index in [1.807, 2.05) is 6.07 Å². The van der Waals surface area contributed by atoms with Crippen molar-refractivity contribution in [3.63, 3.8) is 0 Å². The Morgan fingerprint density at radius 1 is 1.46 bits per heavy atom. The first-order valence-corrected chi connectivity index (χ1v) is 8.16. The molecule has 3 rings (SSSR count). The monoisotopic (exact) mass is 328 g/mol. The second-order valence-electron chi connectivity index (χ2n) is 6.64. The fraction of sp³-hybridized carbons (Fsp3) is 0.500. The number of carbonyl (C=O) groups is 2. The number of nitrogens with zero attached hydrogens (tertiary/aromatic N) is 2. The number of fused-ring (bicyclic) bond motifs is 1. The lowest BCUT2D eigenvalue weighted by atomic mass is 9.81. The molecule has 1 saturated heterocycles. The van der Waals surface area contributed by atoms with Crippen LogP contribution >= 0.6 is 0 Å². The topological polar surface area (TPSA) is 90.6 Å². The average Bonchev–Trinajstić information content (AvgIpc) is 3.12. The number of ether oxygens (including phenoxy) is 1. The summed E-state index contributed by atoms with van der Waals surface area (Å²) in [7, 11) is 0. The molecule has 0 radical (unpaired) electrons. The van der Waals surface area contributed by atoms with Crippen LogP contribution in [-0.2, 0) is 9.59 Å². The van der Waals surface area contributed by atoms with Crippen molar-refractivity contribution in [1.29, 1.82) is 5.26 Å². The van der Waals surface area contributed by atoms with E-state index in [-0.39, 0.29) is 18.4 Å². The molecule has 1 aliphatic carbocycles. The van der Waals surface area contributed by atoms with Gasteiger partial charge in [-0.05, 0) is 37.8 Å². The molecule has 1 heterocycles. The highest BCUT2D eigenvalue weighted by Gasteiger charge is 2.56. The zero-order valence-electron chi connectivity index (χ0n) is 13.6. The highest BCUT2D eigenvalue weighted by molar-refractivity contribution is 5.84. The van der Waals surface area contributed by atoms with Crippen molar-refractivity contribution in [2.24, 2.45) is 11.3 Å². The smallest absolute Gasteiger partial charge is 0.311 e. The number of benzene rings is 1. The van der Waals surface area contributed by atoms with Gasteiger partial charge in [-0.15, -0.1) is 0 Å². The highest BCUT2D eigenvalue weighted by Crippen LogP contribution is 2.49. The molecule has 1 saturated carbocycles. The van der Waals surface area contributed by atoms with Gasteiger partial charge in [0.15, 0.2) is 6.10 Å². The molecule has 0 aromatic heterocycles. The zero-order valence-corrected chi connectivity index (χ0v) is 13.6. The van der Waals surface area contributed by atoms with Crippen molar-refractivity contribution in [3.05, 3.63) is 29.8 Å². The second-order valence-corrected chi connectivity index (χ2v) is 6.64. The predicted octanol–water partition coefficient (Wildman–Crippen LogP) is 2.04. The van der Waals surface area contributed by atoms with Crippen LogP contribution in [0.25, 0.3) is 0 Å². The van der Waals surface area contributed by atoms with Gasteiger partial charge >= 0.3 is 5.97 Å². The number of aliphatic carboxylic acids is 1. The van der Waals surface area contributed by atoms with Crippen LogP contribution in [0.5, 0.6) is 5.75 Å². The first-order valence-electron chi connectivity index (χ1n) is 8.16. The molecular weight excluding hydrogens is 308 g/mol. The van der Waals surface area contributed by atoms with Crippen LogP contribution in [0.15, 0.2) is 24.3 Å². The number of carboxylic acid groups (broad SMARTS) is 1. The Balaban J connectivity index is 1.71. The molecule has 1 N–H and O–H groups in total. The molecule has 2 aliphatic rings. The number of para-hydroxylation sites is 1. The molecule has 3 atom stereocenters. The Morgan fingerprint density at radius 2 is 2.21 bits per heavy atom. The van der Waals surface area contributed by atoms with Gasteiger partial charge in [0.05, 0.1) is 11.0 Å². The number of hydrogen-bond donors (Lipinski definition) is 1. The Hall–Kier alpha value is -2.55. The summed E-state index contributed by atoms with van der Waals surface area (Å²) in [5, 5.41) is 18.7. The molecule has 126 valence electrons. The number of likely N-dealkylation sites (tertiary alicyclic amines) is 1. The van der Waals surface area contributed by atoms with Crippen LogP contribution in [0.4, 0.5) is 0 Å². The Kier molecular flexibility index (Phi) is 4.18. The minimum absolute atomic E-state index is 0.0255. The predicted molar refractivity (Wildman–Crippen MR) is 85.2 cm³/mol. The second kappa shape index (κ2) is 6.16. The van der Waals surface area contributed by atoms with E-state index in [0.717, 1.165) is 12.8 Å². The van der Waals surface area contributed by atoms with Gasteiger partial charge in [-0.1, -0.05) is 18.6 Å². The van der Waals surface area contributed by atoms with Gasteiger partial charge in [0.1, 0.15) is 11.8 Å². The van der Waals surface area contributed by atoms with Crippen molar-refractivity contribution in [1.82, 2.24) is 4.90 Å². The van der Waals surface area contributed by atoms with Crippen molar-refractivity contribution in [2.75, 3.05) is 13.1 Å². The summed E-state index contributed by atoms with van der Waals surface area (Å²) in [6, 6.07) is 8.79. The number of carbonyl (C=O) groups excluding carboxylic acids is 1. The number of rotatable bonds is 4. The maximum Gasteiger partial charge on any atom is 0.311 e. The summed E-state index contributed by atoms with van der Waals surface area (Å²) in [4.78, 5) is 26.0. The van der Waals surface area contributed by atoms with E-state index < -0.39 is 17.5 Å². The average molecular weight is 328 g/mol. The first kappa shape index (κ1) is 16.3. The summed E-state index contributed by atoms with van der Waals surface area (Å²) >= 11 is 0. The van der Waals surface area contributed by atoms with E-state index in [1.54, 1.807) is 36.1 Å². The highest BCUT2D eigenvalue weighted by atomic mass is 16.5. The minimum Gasteiger partial charge on any atom is -0.481 e. The molecular formula is C18H20N2O4. The Labute approximate surface area is 140 Å². The molecule has 2 fully saturated rings.